The second-order valence-electron chi connectivity index (χ2n) is 5.08. The number of nitrogens with one attached hydrogen (secondary N) is 1. The van der Waals surface area contributed by atoms with Crippen LogP contribution in [-0.2, 0) is 11.3 Å². The first kappa shape index (κ1) is 16.7. The summed E-state index contributed by atoms with van der Waals surface area (Å²) in [7, 11) is 0. The van der Waals surface area contributed by atoms with E-state index in [-0.39, 0.29) is 18.3 Å². The van der Waals surface area contributed by atoms with Gasteiger partial charge >= 0.3 is 0 Å². The lowest BCUT2D eigenvalue weighted by atomic mass is 10.1. The highest BCUT2D eigenvalue weighted by Gasteiger charge is 2.12. The van der Waals surface area contributed by atoms with Crippen LogP contribution in [0.3, 0.4) is 0 Å². The van der Waals surface area contributed by atoms with Crippen LogP contribution in [0.4, 0.5) is 5.82 Å². The summed E-state index contributed by atoms with van der Waals surface area (Å²) in [6.07, 6.45) is 5.57. The zero-order chi connectivity index (χ0) is 13.7. The highest BCUT2D eigenvalue weighted by atomic mass is 35.5. The number of nitrogens with two attached hydrogens (primary N) is 1. The van der Waals surface area contributed by atoms with Crippen molar-refractivity contribution in [3.63, 3.8) is 0 Å². The lowest BCUT2D eigenvalue weighted by Gasteiger charge is -2.27. The molecule has 2 heterocycles. The molecule has 0 saturated carbocycles. The third-order valence-corrected chi connectivity index (χ3v) is 3.37. The largest absolute Gasteiger partial charge is 0.357 e. The molecule has 5 nitrogen and oxygen atoms in total. The van der Waals surface area contributed by atoms with Crippen LogP contribution >= 0.6 is 12.4 Å². The summed E-state index contributed by atoms with van der Waals surface area (Å²) in [4.78, 5) is 18.2. The van der Waals surface area contributed by atoms with Crippen LogP contribution in [0.15, 0.2) is 18.3 Å². The van der Waals surface area contributed by atoms with Crippen molar-refractivity contribution in [3.8, 4) is 0 Å². The topological polar surface area (TPSA) is 71.2 Å². The lowest BCUT2D eigenvalue weighted by molar-refractivity contribution is -0.122. The molecule has 0 aromatic carbocycles. The summed E-state index contributed by atoms with van der Waals surface area (Å²) in [6.45, 7) is 4.33. The standard InChI is InChI=1S/C14H22N4O.ClH/c1-11(15)14(19)17-10-12-5-6-16-13(9-12)18-7-3-2-4-8-18;/h5-6,9,11H,2-4,7-8,10,15H2,1H3,(H,17,19);1H. The Balaban J connectivity index is 0.00000200. The van der Waals surface area contributed by atoms with Crippen molar-refractivity contribution in [1.82, 2.24) is 10.3 Å². The van der Waals surface area contributed by atoms with Crippen LogP contribution in [0, 0.1) is 0 Å². The second kappa shape index (κ2) is 8.07. The van der Waals surface area contributed by atoms with Gasteiger partial charge in [-0.2, -0.15) is 0 Å². The van der Waals surface area contributed by atoms with E-state index in [0.717, 1.165) is 24.5 Å². The Kier molecular flexibility index (Phi) is 6.75. The van der Waals surface area contributed by atoms with Crippen molar-refractivity contribution in [2.24, 2.45) is 5.73 Å². The normalized spacial score (nSPS) is 16.2. The molecule has 0 spiro atoms. The van der Waals surface area contributed by atoms with Crippen molar-refractivity contribution in [1.29, 1.82) is 0 Å². The van der Waals surface area contributed by atoms with E-state index in [2.05, 4.69) is 15.2 Å². The number of carbonyl (C=O) groups is 1. The molecule has 6 heteroatoms. The zero-order valence-electron chi connectivity index (χ0n) is 11.8. The Morgan fingerprint density at radius 1 is 1.45 bits per heavy atom. The van der Waals surface area contributed by atoms with Gasteiger partial charge in [0.2, 0.25) is 5.91 Å². The Labute approximate surface area is 126 Å². The van der Waals surface area contributed by atoms with Gasteiger partial charge in [-0.25, -0.2) is 4.98 Å². The molecule has 3 N–H and O–H groups in total. The second-order valence-corrected chi connectivity index (χ2v) is 5.08. The third kappa shape index (κ3) is 4.65. The molecular formula is C14H23ClN4O. The van der Waals surface area contributed by atoms with Gasteiger partial charge in [-0.3, -0.25) is 4.79 Å². The number of amides is 1. The van der Waals surface area contributed by atoms with Crippen LogP contribution in [0.2, 0.25) is 0 Å². The maximum absolute atomic E-state index is 11.4. The number of hydrogen-bond acceptors (Lipinski definition) is 4. The van der Waals surface area contributed by atoms with Gasteiger partial charge in [-0.15, -0.1) is 12.4 Å². The summed E-state index contributed by atoms with van der Waals surface area (Å²) >= 11 is 0. The maximum atomic E-state index is 11.4. The SMILES string of the molecule is CC(N)C(=O)NCc1ccnc(N2CCCCC2)c1.Cl. The number of hydrogen-bond donors (Lipinski definition) is 2. The van der Waals surface area contributed by atoms with E-state index in [1.807, 2.05) is 12.1 Å². The van der Waals surface area contributed by atoms with Crippen molar-refractivity contribution < 1.29 is 4.79 Å². The number of carbonyl (C=O) groups excluding carboxylic acids is 1. The van der Waals surface area contributed by atoms with Gasteiger partial charge < -0.3 is 16.0 Å². The first-order chi connectivity index (χ1) is 9.16. The first-order valence-electron chi connectivity index (χ1n) is 6.90. The Morgan fingerprint density at radius 3 is 2.80 bits per heavy atom. The average Bonchev–Trinajstić information content (AvgIpc) is 2.46. The molecule has 1 atom stereocenters. The van der Waals surface area contributed by atoms with E-state index < -0.39 is 6.04 Å². The van der Waals surface area contributed by atoms with Crippen molar-refractivity contribution in [2.45, 2.75) is 38.8 Å². The van der Waals surface area contributed by atoms with Crippen LogP contribution in [0.5, 0.6) is 0 Å². The number of nitrogens with zero attached hydrogens (tertiary/aromatic N) is 2. The molecule has 1 aliphatic heterocycles. The van der Waals surface area contributed by atoms with E-state index in [1.165, 1.54) is 19.3 Å². The molecule has 1 saturated heterocycles. The molecule has 0 aliphatic carbocycles. The monoisotopic (exact) mass is 298 g/mol. The maximum Gasteiger partial charge on any atom is 0.236 e. The van der Waals surface area contributed by atoms with Gasteiger partial charge in [0, 0.05) is 25.8 Å². The Morgan fingerprint density at radius 2 is 2.15 bits per heavy atom. The summed E-state index contributed by atoms with van der Waals surface area (Å²) in [5, 5.41) is 2.82. The van der Waals surface area contributed by atoms with Crippen LogP contribution in [0.25, 0.3) is 0 Å². The minimum Gasteiger partial charge on any atom is -0.357 e. The van der Waals surface area contributed by atoms with Crippen LogP contribution in [0.1, 0.15) is 31.7 Å². The lowest BCUT2D eigenvalue weighted by Crippen LogP contribution is -2.37. The number of piperidine rings is 1. The molecular weight excluding hydrogens is 276 g/mol. The smallest absolute Gasteiger partial charge is 0.236 e. The van der Waals surface area contributed by atoms with Gasteiger partial charge in [0.15, 0.2) is 0 Å². The Hall–Kier alpha value is -1.33. The van der Waals surface area contributed by atoms with Crippen molar-refractivity contribution in [3.05, 3.63) is 23.9 Å². The molecule has 1 fully saturated rings. The van der Waals surface area contributed by atoms with Crippen LogP contribution < -0.4 is 16.0 Å². The zero-order valence-corrected chi connectivity index (χ0v) is 12.7. The summed E-state index contributed by atoms with van der Waals surface area (Å²) in [5.41, 5.74) is 6.57. The number of pyridine rings is 1. The quantitative estimate of drug-likeness (QED) is 0.883. The van der Waals surface area contributed by atoms with Gasteiger partial charge in [-0.1, -0.05) is 0 Å². The molecule has 1 unspecified atom stereocenters. The average molecular weight is 299 g/mol. The minimum absolute atomic E-state index is 0. The molecule has 2 rings (SSSR count). The fraction of sp³-hybridized carbons (Fsp3) is 0.571. The third-order valence-electron chi connectivity index (χ3n) is 3.37. The van der Waals surface area contributed by atoms with E-state index in [0.29, 0.717) is 6.54 Å². The predicted molar refractivity (Wildman–Crippen MR) is 83.0 cm³/mol. The molecule has 1 aromatic heterocycles. The molecule has 1 aromatic rings. The highest BCUT2D eigenvalue weighted by molar-refractivity contribution is 5.85. The number of halogens is 1. The minimum atomic E-state index is -0.469. The molecule has 1 aliphatic rings. The fourth-order valence-electron chi connectivity index (χ4n) is 2.22. The first-order valence-corrected chi connectivity index (χ1v) is 6.90. The summed E-state index contributed by atoms with van der Waals surface area (Å²) < 4.78 is 0. The van der Waals surface area contributed by atoms with Gasteiger partial charge in [0.25, 0.3) is 0 Å². The fourth-order valence-corrected chi connectivity index (χ4v) is 2.22. The van der Waals surface area contributed by atoms with Crippen molar-refractivity contribution in [2.75, 3.05) is 18.0 Å². The molecule has 1 amide bonds. The Bertz CT molecular complexity index is 433. The van der Waals surface area contributed by atoms with Gasteiger partial charge in [0.05, 0.1) is 6.04 Å². The highest BCUT2D eigenvalue weighted by Crippen LogP contribution is 2.18. The van der Waals surface area contributed by atoms with E-state index in [9.17, 15) is 4.79 Å². The predicted octanol–water partition coefficient (Wildman–Crippen LogP) is 1.46. The number of aromatic nitrogens is 1. The van der Waals surface area contributed by atoms with Crippen molar-refractivity contribution >= 4 is 24.1 Å². The van der Waals surface area contributed by atoms with Crippen LogP contribution in [-0.4, -0.2) is 30.0 Å². The summed E-state index contributed by atoms with van der Waals surface area (Å²) in [6, 6.07) is 3.50. The van der Waals surface area contributed by atoms with E-state index in [4.69, 9.17) is 5.73 Å². The molecule has 112 valence electrons. The molecule has 0 radical (unpaired) electrons. The molecule has 0 bridgehead atoms. The van der Waals surface area contributed by atoms with E-state index in [1.54, 1.807) is 13.1 Å². The van der Waals surface area contributed by atoms with Gasteiger partial charge in [-0.05, 0) is 43.9 Å². The van der Waals surface area contributed by atoms with E-state index >= 15 is 0 Å². The summed E-state index contributed by atoms with van der Waals surface area (Å²) in [5.74, 6) is 0.878. The molecule has 20 heavy (non-hydrogen) atoms. The van der Waals surface area contributed by atoms with Gasteiger partial charge in [0.1, 0.15) is 5.82 Å². The number of anilines is 1. The number of rotatable bonds is 4.